The van der Waals surface area contributed by atoms with E-state index in [0.29, 0.717) is 0 Å². The predicted molar refractivity (Wildman–Crippen MR) is 58.1 cm³/mol. The number of nitrogens with zero attached hydrogens (tertiary/aromatic N) is 2. The molecule has 3 N–H and O–H groups in total. The van der Waals surface area contributed by atoms with Gasteiger partial charge in [0.2, 0.25) is 10.7 Å². The molecular weight excluding hydrogens is 239 g/mol. The fourth-order valence-electron chi connectivity index (χ4n) is 1.21. The van der Waals surface area contributed by atoms with E-state index in [1.54, 1.807) is 6.07 Å². The first-order chi connectivity index (χ1) is 7.11. The molecule has 4 nitrogen and oxygen atoms in total. The molecule has 0 saturated carbocycles. The molecule has 15 heavy (non-hydrogen) atoms. The SMILES string of the molecule is Nc1n[nH]c(=S)n1-c1cccc(Cl)c1F. The number of hydrogen-bond acceptors (Lipinski definition) is 3. The number of H-pyrrole nitrogens is 1. The average molecular weight is 245 g/mol. The highest BCUT2D eigenvalue weighted by Crippen LogP contribution is 2.22. The molecule has 0 aliphatic heterocycles. The number of rotatable bonds is 1. The van der Waals surface area contributed by atoms with E-state index in [-0.39, 0.29) is 21.4 Å². The zero-order chi connectivity index (χ0) is 11.0. The van der Waals surface area contributed by atoms with Crippen LogP contribution in [0.5, 0.6) is 0 Å². The van der Waals surface area contributed by atoms with Gasteiger partial charge < -0.3 is 5.73 Å². The summed E-state index contributed by atoms with van der Waals surface area (Å²) in [6, 6.07) is 4.57. The van der Waals surface area contributed by atoms with Crippen molar-refractivity contribution in [2.75, 3.05) is 5.73 Å². The van der Waals surface area contributed by atoms with Crippen molar-refractivity contribution in [1.82, 2.24) is 14.8 Å². The van der Waals surface area contributed by atoms with Gasteiger partial charge in [-0.3, -0.25) is 4.57 Å². The lowest BCUT2D eigenvalue weighted by atomic mass is 10.3. The van der Waals surface area contributed by atoms with Crippen molar-refractivity contribution >= 4 is 29.8 Å². The van der Waals surface area contributed by atoms with Gasteiger partial charge in [0.1, 0.15) is 0 Å². The van der Waals surface area contributed by atoms with E-state index in [1.807, 2.05) is 0 Å². The van der Waals surface area contributed by atoms with Crippen molar-refractivity contribution < 1.29 is 4.39 Å². The lowest BCUT2D eigenvalue weighted by Gasteiger charge is -2.05. The van der Waals surface area contributed by atoms with E-state index >= 15 is 0 Å². The van der Waals surface area contributed by atoms with Crippen molar-refractivity contribution in [3.05, 3.63) is 33.8 Å². The Bertz CT molecular complexity index is 562. The lowest BCUT2D eigenvalue weighted by Crippen LogP contribution is -2.03. The first-order valence-electron chi connectivity index (χ1n) is 3.98. The molecular formula is C8H6ClFN4S. The van der Waals surface area contributed by atoms with Crippen LogP contribution >= 0.6 is 23.8 Å². The number of hydrogen-bond donors (Lipinski definition) is 2. The first-order valence-corrected chi connectivity index (χ1v) is 4.77. The first kappa shape index (κ1) is 10.1. The summed E-state index contributed by atoms with van der Waals surface area (Å²) in [5, 5.41) is 6.15. The van der Waals surface area contributed by atoms with E-state index in [4.69, 9.17) is 29.6 Å². The summed E-state index contributed by atoms with van der Waals surface area (Å²) < 4.78 is 15.1. The predicted octanol–water partition coefficient (Wildman–Crippen LogP) is 2.30. The summed E-state index contributed by atoms with van der Waals surface area (Å²) in [4.78, 5) is 0. The second kappa shape index (κ2) is 3.63. The van der Waals surface area contributed by atoms with Crippen LogP contribution in [0.2, 0.25) is 5.02 Å². The van der Waals surface area contributed by atoms with Crippen molar-refractivity contribution in [2.24, 2.45) is 0 Å². The number of halogens is 2. The zero-order valence-electron chi connectivity index (χ0n) is 7.37. The molecule has 0 aliphatic rings. The molecule has 0 atom stereocenters. The third-order valence-corrected chi connectivity index (χ3v) is 2.44. The fraction of sp³-hybridized carbons (Fsp3) is 0. The van der Waals surface area contributed by atoms with Crippen LogP contribution in [0.1, 0.15) is 0 Å². The molecule has 78 valence electrons. The largest absolute Gasteiger partial charge is 0.368 e. The van der Waals surface area contributed by atoms with Gasteiger partial charge in [-0.15, -0.1) is 5.10 Å². The molecule has 2 aromatic rings. The monoisotopic (exact) mass is 244 g/mol. The summed E-state index contributed by atoms with van der Waals surface area (Å²) in [6.45, 7) is 0. The van der Waals surface area contributed by atoms with E-state index < -0.39 is 5.82 Å². The second-order valence-corrected chi connectivity index (χ2v) is 3.59. The molecule has 0 unspecified atom stereocenters. The van der Waals surface area contributed by atoms with Crippen LogP contribution in [0, 0.1) is 10.6 Å². The summed E-state index contributed by atoms with van der Waals surface area (Å²) in [6.07, 6.45) is 0. The van der Waals surface area contributed by atoms with Crippen LogP contribution in [0.3, 0.4) is 0 Å². The average Bonchev–Trinajstić information content (AvgIpc) is 2.52. The van der Waals surface area contributed by atoms with Crippen LogP contribution in [-0.2, 0) is 0 Å². The maximum atomic E-state index is 13.6. The maximum Gasteiger partial charge on any atom is 0.225 e. The van der Waals surface area contributed by atoms with Gasteiger partial charge in [-0.05, 0) is 24.4 Å². The molecule has 0 aliphatic carbocycles. The molecule has 7 heteroatoms. The molecule has 0 radical (unpaired) electrons. The highest BCUT2D eigenvalue weighted by atomic mass is 35.5. The van der Waals surface area contributed by atoms with Crippen LogP contribution in [0.25, 0.3) is 5.69 Å². The van der Waals surface area contributed by atoms with E-state index in [2.05, 4.69) is 10.2 Å². The Morgan fingerprint density at radius 3 is 2.87 bits per heavy atom. The Balaban J connectivity index is 2.75. The van der Waals surface area contributed by atoms with E-state index in [9.17, 15) is 4.39 Å². The minimum Gasteiger partial charge on any atom is -0.368 e. The lowest BCUT2D eigenvalue weighted by molar-refractivity contribution is 0.618. The molecule has 0 bridgehead atoms. The molecule has 1 aromatic carbocycles. The number of nitrogen functional groups attached to an aromatic ring is 1. The van der Waals surface area contributed by atoms with E-state index in [0.717, 1.165) is 0 Å². The minimum atomic E-state index is -0.580. The van der Waals surface area contributed by atoms with Crippen LogP contribution in [-0.4, -0.2) is 14.8 Å². The summed E-state index contributed by atoms with van der Waals surface area (Å²) >= 11 is 10.6. The number of aromatic amines is 1. The number of benzene rings is 1. The molecule has 0 amide bonds. The minimum absolute atomic E-state index is 0.00926. The summed E-state index contributed by atoms with van der Waals surface area (Å²) in [7, 11) is 0. The third-order valence-electron chi connectivity index (χ3n) is 1.87. The van der Waals surface area contributed by atoms with Gasteiger partial charge in [0.15, 0.2) is 5.82 Å². The van der Waals surface area contributed by atoms with Gasteiger partial charge in [0.25, 0.3) is 0 Å². The second-order valence-electron chi connectivity index (χ2n) is 2.80. The van der Waals surface area contributed by atoms with Crippen molar-refractivity contribution in [2.45, 2.75) is 0 Å². The molecule has 0 saturated heterocycles. The number of aromatic nitrogens is 3. The fourth-order valence-corrected chi connectivity index (χ4v) is 1.61. The number of anilines is 1. The van der Waals surface area contributed by atoms with Gasteiger partial charge in [0, 0.05) is 0 Å². The van der Waals surface area contributed by atoms with Gasteiger partial charge in [-0.25, -0.2) is 9.49 Å². The topological polar surface area (TPSA) is 59.6 Å². The zero-order valence-corrected chi connectivity index (χ0v) is 8.94. The van der Waals surface area contributed by atoms with Gasteiger partial charge in [-0.1, -0.05) is 17.7 Å². The van der Waals surface area contributed by atoms with Gasteiger partial charge in [-0.2, -0.15) is 0 Å². The molecule has 2 rings (SSSR count). The van der Waals surface area contributed by atoms with E-state index in [1.165, 1.54) is 16.7 Å². The van der Waals surface area contributed by atoms with Crippen LogP contribution in [0.15, 0.2) is 18.2 Å². The molecule has 1 aromatic heterocycles. The molecule has 0 fully saturated rings. The van der Waals surface area contributed by atoms with Crippen molar-refractivity contribution in [1.29, 1.82) is 0 Å². The Morgan fingerprint density at radius 1 is 1.53 bits per heavy atom. The standard InChI is InChI=1S/C8H6ClFN4S/c9-4-2-1-3-5(6(4)10)14-7(11)12-13-8(14)15/h1-3H,(H2,11,12)(H,13,15). The summed E-state index contributed by atoms with van der Waals surface area (Å²) in [5.74, 6) is -0.496. The van der Waals surface area contributed by atoms with Gasteiger partial charge in [0.05, 0.1) is 10.7 Å². The Morgan fingerprint density at radius 2 is 2.27 bits per heavy atom. The molecule has 0 spiro atoms. The number of nitrogens with one attached hydrogen (secondary N) is 1. The van der Waals surface area contributed by atoms with Gasteiger partial charge >= 0.3 is 0 Å². The quantitative estimate of drug-likeness (QED) is 0.757. The van der Waals surface area contributed by atoms with Crippen molar-refractivity contribution in [3.8, 4) is 5.69 Å². The molecule has 1 heterocycles. The Kier molecular flexibility index (Phi) is 2.45. The Labute approximate surface area is 94.5 Å². The summed E-state index contributed by atoms with van der Waals surface area (Å²) in [5.41, 5.74) is 5.72. The number of nitrogens with two attached hydrogens (primary N) is 1. The highest BCUT2D eigenvalue weighted by molar-refractivity contribution is 7.71. The normalized spacial score (nSPS) is 10.5. The maximum absolute atomic E-state index is 13.6. The van der Waals surface area contributed by atoms with Crippen LogP contribution < -0.4 is 5.73 Å². The highest BCUT2D eigenvalue weighted by Gasteiger charge is 2.11. The third kappa shape index (κ3) is 1.62. The van der Waals surface area contributed by atoms with Crippen molar-refractivity contribution in [3.63, 3.8) is 0 Å². The Hall–Kier alpha value is -1.40. The van der Waals surface area contributed by atoms with Crippen LogP contribution in [0.4, 0.5) is 10.3 Å². The smallest absolute Gasteiger partial charge is 0.225 e.